The van der Waals surface area contributed by atoms with E-state index in [0.717, 1.165) is 10.5 Å². The van der Waals surface area contributed by atoms with Gasteiger partial charge < -0.3 is 5.73 Å². The van der Waals surface area contributed by atoms with E-state index in [9.17, 15) is 18.0 Å². The highest BCUT2D eigenvalue weighted by Gasteiger charge is 2.34. The third-order valence-corrected chi connectivity index (χ3v) is 5.86. The molecule has 8 heteroatoms. The number of hydrogen-bond acceptors (Lipinski definition) is 5. The van der Waals surface area contributed by atoms with Gasteiger partial charge >= 0.3 is 0 Å². The van der Waals surface area contributed by atoms with Gasteiger partial charge in [0.2, 0.25) is 10.0 Å². The number of rotatable bonds is 8. The topological polar surface area (TPSA) is 110 Å². The summed E-state index contributed by atoms with van der Waals surface area (Å²) in [5.41, 5.74) is 7.55. The van der Waals surface area contributed by atoms with Crippen molar-refractivity contribution in [3.8, 4) is 0 Å². The van der Waals surface area contributed by atoms with Crippen LogP contribution in [0.3, 0.4) is 0 Å². The summed E-state index contributed by atoms with van der Waals surface area (Å²) in [6, 6.07) is 15.3. The summed E-state index contributed by atoms with van der Waals surface area (Å²) in [7, 11) is -3.56. The van der Waals surface area contributed by atoms with Gasteiger partial charge in [-0.1, -0.05) is 42.5 Å². The van der Waals surface area contributed by atoms with Crippen LogP contribution >= 0.6 is 0 Å². The number of nitrogens with two attached hydrogens (primary N) is 1. The van der Waals surface area contributed by atoms with Crippen LogP contribution in [0.25, 0.3) is 0 Å². The Morgan fingerprint density at radius 2 is 1.48 bits per heavy atom. The molecule has 3 N–H and O–H groups in total. The first-order valence-corrected chi connectivity index (χ1v) is 10.3. The first-order valence-electron chi connectivity index (χ1n) is 8.62. The Labute approximate surface area is 158 Å². The lowest BCUT2D eigenvalue weighted by Crippen LogP contribution is -2.36. The first kappa shape index (κ1) is 19.2. The second-order valence-electron chi connectivity index (χ2n) is 6.35. The van der Waals surface area contributed by atoms with Crippen molar-refractivity contribution in [2.45, 2.75) is 12.5 Å². The third-order valence-electron chi connectivity index (χ3n) is 4.42. The monoisotopic (exact) mass is 387 g/mol. The quantitative estimate of drug-likeness (QED) is 0.664. The van der Waals surface area contributed by atoms with Gasteiger partial charge in [-0.05, 0) is 24.1 Å². The van der Waals surface area contributed by atoms with E-state index in [2.05, 4.69) is 4.72 Å². The van der Waals surface area contributed by atoms with Crippen LogP contribution in [0, 0.1) is 0 Å². The van der Waals surface area contributed by atoms with Crippen LogP contribution in [0.15, 0.2) is 54.6 Å². The summed E-state index contributed by atoms with van der Waals surface area (Å²) in [6.45, 7) is 0.136. The Morgan fingerprint density at radius 1 is 0.926 bits per heavy atom. The maximum atomic E-state index is 12.3. The van der Waals surface area contributed by atoms with Gasteiger partial charge in [0, 0.05) is 19.1 Å². The highest BCUT2D eigenvalue weighted by atomic mass is 32.2. The van der Waals surface area contributed by atoms with Gasteiger partial charge in [-0.3, -0.25) is 14.5 Å². The third kappa shape index (κ3) is 4.41. The molecule has 0 spiro atoms. The molecule has 0 radical (unpaired) electrons. The molecule has 3 rings (SSSR count). The van der Waals surface area contributed by atoms with Gasteiger partial charge in [0.15, 0.2) is 0 Å². The number of benzene rings is 2. The second-order valence-corrected chi connectivity index (χ2v) is 8.27. The molecule has 1 unspecified atom stereocenters. The van der Waals surface area contributed by atoms with Crippen LogP contribution in [0.2, 0.25) is 0 Å². The highest BCUT2D eigenvalue weighted by molar-refractivity contribution is 7.89. The van der Waals surface area contributed by atoms with Crippen molar-refractivity contribution in [1.29, 1.82) is 0 Å². The molecule has 0 aromatic heterocycles. The zero-order valence-electron chi connectivity index (χ0n) is 14.7. The van der Waals surface area contributed by atoms with Gasteiger partial charge in [0.25, 0.3) is 11.8 Å². The molecular formula is C19H21N3O4S. The highest BCUT2D eigenvalue weighted by Crippen LogP contribution is 2.22. The molecule has 1 aliphatic heterocycles. The SMILES string of the molecule is NC(CNS(=O)(=O)CCCN1C(=O)c2ccccc2C1=O)c1ccccc1. The molecule has 7 nitrogen and oxygen atoms in total. The summed E-state index contributed by atoms with van der Waals surface area (Å²) in [4.78, 5) is 25.6. The summed E-state index contributed by atoms with van der Waals surface area (Å²) in [5.74, 6) is -0.957. The van der Waals surface area contributed by atoms with E-state index in [0.29, 0.717) is 11.1 Å². The van der Waals surface area contributed by atoms with E-state index in [1.165, 1.54) is 0 Å². The molecule has 2 aromatic carbocycles. The van der Waals surface area contributed by atoms with E-state index in [4.69, 9.17) is 5.73 Å². The molecule has 0 fully saturated rings. The minimum absolute atomic E-state index is 0.0536. The maximum absolute atomic E-state index is 12.3. The summed E-state index contributed by atoms with van der Waals surface area (Å²) in [5, 5.41) is 0. The Morgan fingerprint density at radius 3 is 2.07 bits per heavy atom. The van der Waals surface area contributed by atoms with E-state index < -0.39 is 16.1 Å². The van der Waals surface area contributed by atoms with Crippen molar-refractivity contribution in [1.82, 2.24) is 9.62 Å². The normalized spacial score (nSPS) is 15.1. The van der Waals surface area contributed by atoms with Crippen LogP contribution in [-0.4, -0.2) is 44.0 Å². The van der Waals surface area contributed by atoms with E-state index in [-0.39, 0.29) is 37.1 Å². The zero-order chi connectivity index (χ0) is 19.4. The average molecular weight is 387 g/mol. The largest absolute Gasteiger partial charge is 0.323 e. The van der Waals surface area contributed by atoms with Gasteiger partial charge in [0.05, 0.1) is 16.9 Å². The predicted molar refractivity (Wildman–Crippen MR) is 102 cm³/mol. The number of imide groups is 1. The minimum atomic E-state index is -3.56. The number of sulfonamides is 1. The standard InChI is InChI=1S/C19H21N3O4S/c20-17(14-7-2-1-3-8-14)13-21-27(25,26)12-6-11-22-18(23)15-9-4-5-10-16(15)19(22)24/h1-5,7-10,17,21H,6,11-13,20H2. The fourth-order valence-corrected chi connectivity index (χ4v) is 4.05. The molecule has 1 atom stereocenters. The van der Waals surface area contributed by atoms with Crippen LogP contribution < -0.4 is 10.5 Å². The Bertz CT molecular complexity index is 909. The molecule has 0 saturated heterocycles. The van der Waals surface area contributed by atoms with Gasteiger partial charge in [-0.2, -0.15) is 0 Å². The summed E-state index contributed by atoms with van der Waals surface area (Å²) in [6.07, 6.45) is 0.154. The fraction of sp³-hybridized carbons (Fsp3) is 0.263. The van der Waals surface area contributed by atoms with E-state index >= 15 is 0 Å². The number of fused-ring (bicyclic) bond motifs is 1. The Kier molecular flexibility index (Phi) is 5.69. The number of carbonyl (C=O) groups excluding carboxylic acids is 2. The number of nitrogens with zero attached hydrogens (tertiary/aromatic N) is 1. The zero-order valence-corrected chi connectivity index (χ0v) is 15.5. The lowest BCUT2D eigenvalue weighted by molar-refractivity contribution is 0.0654. The van der Waals surface area contributed by atoms with Crippen molar-refractivity contribution in [2.75, 3.05) is 18.8 Å². The van der Waals surface area contributed by atoms with Crippen LogP contribution in [0.1, 0.15) is 38.7 Å². The smallest absolute Gasteiger partial charge is 0.261 e. The number of hydrogen-bond donors (Lipinski definition) is 2. The van der Waals surface area contributed by atoms with Crippen molar-refractivity contribution in [3.05, 3.63) is 71.3 Å². The van der Waals surface area contributed by atoms with Gasteiger partial charge in [-0.15, -0.1) is 0 Å². The molecule has 0 saturated carbocycles. The van der Waals surface area contributed by atoms with E-state index in [1.807, 2.05) is 30.3 Å². The number of carbonyl (C=O) groups is 2. The molecule has 2 amide bonds. The minimum Gasteiger partial charge on any atom is -0.323 e. The summed E-state index contributed by atoms with van der Waals surface area (Å²) < 4.78 is 26.8. The molecule has 1 aliphatic rings. The summed E-state index contributed by atoms with van der Waals surface area (Å²) >= 11 is 0. The van der Waals surface area contributed by atoms with Crippen molar-refractivity contribution in [3.63, 3.8) is 0 Å². The van der Waals surface area contributed by atoms with Gasteiger partial charge in [0.1, 0.15) is 0 Å². The molecule has 142 valence electrons. The maximum Gasteiger partial charge on any atom is 0.261 e. The second kappa shape index (κ2) is 7.99. The Balaban J connectivity index is 1.50. The van der Waals surface area contributed by atoms with Crippen LogP contribution in [0.5, 0.6) is 0 Å². The number of amides is 2. The van der Waals surface area contributed by atoms with E-state index in [1.54, 1.807) is 24.3 Å². The molecule has 0 aliphatic carbocycles. The van der Waals surface area contributed by atoms with Crippen molar-refractivity contribution >= 4 is 21.8 Å². The lowest BCUT2D eigenvalue weighted by atomic mass is 10.1. The molecule has 0 bridgehead atoms. The van der Waals surface area contributed by atoms with Crippen LogP contribution in [-0.2, 0) is 10.0 Å². The van der Waals surface area contributed by atoms with Crippen LogP contribution in [0.4, 0.5) is 0 Å². The molecular weight excluding hydrogens is 366 g/mol. The van der Waals surface area contributed by atoms with Crippen molar-refractivity contribution in [2.24, 2.45) is 5.73 Å². The predicted octanol–water partition coefficient (Wildman–Crippen LogP) is 1.29. The molecule has 1 heterocycles. The average Bonchev–Trinajstić information content (AvgIpc) is 2.92. The molecule has 2 aromatic rings. The fourth-order valence-electron chi connectivity index (χ4n) is 2.96. The molecule has 27 heavy (non-hydrogen) atoms. The van der Waals surface area contributed by atoms with Gasteiger partial charge in [-0.25, -0.2) is 13.1 Å². The first-order chi connectivity index (χ1) is 12.9. The van der Waals surface area contributed by atoms with Crippen molar-refractivity contribution < 1.29 is 18.0 Å². The lowest BCUT2D eigenvalue weighted by Gasteiger charge is -2.15. The Hall–Kier alpha value is -2.55. The number of nitrogens with one attached hydrogen (secondary N) is 1.